The summed E-state index contributed by atoms with van der Waals surface area (Å²) in [4.78, 5) is 31.4. The molecule has 0 radical (unpaired) electrons. The van der Waals surface area contributed by atoms with Gasteiger partial charge in [0.15, 0.2) is 0 Å². The fourth-order valence-electron chi connectivity index (χ4n) is 2.68. The van der Waals surface area contributed by atoms with Crippen LogP contribution in [0.15, 0.2) is 53.5 Å². The Kier molecular flexibility index (Phi) is 5.57. The molecule has 3 N–H and O–H groups in total. The van der Waals surface area contributed by atoms with E-state index in [9.17, 15) is 9.59 Å². The van der Waals surface area contributed by atoms with Crippen molar-refractivity contribution in [3.63, 3.8) is 0 Å². The summed E-state index contributed by atoms with van der Waals surface area (Å²) in [6.07, 6.45) is 1.48. The van der Waals surface area contributed by atoms with Crippen LogP contribution >= 0.6 is 11.6 Å². The van der Waals surface area contributed by atoms with Crippen molar-refractivity contribution >= 4 is 29.0 Å². The number of benzene rings is 1. The second-order valence-corrected chi connectivity index (χ2v) is 6.63. The molecule has 2 heterocycles. The van der Waals surface area contributed by atoms with E-state index in [1.165, 1.54) is 6.20 Å². The number of halogens is 1. The summed E-state index contributed by atoms with van der Waals surface area (Å²) in [5.41, 5.74) is 3.33. The molecule has 0 saturated carbocycles. The summed E-state index contributed by atoms with van der Waals surface area (Å²) in [7, 11) is 0. The van der Waals surface area contributed by atoms with Crippen LogP contribution in [0.3, 0.4) is 0 Å². The third-order valence-electron chi connectivity index (χ3n) is 4.05. The molecule has 0 aliphatic rings. The van der Waals surface area contributed by atoms with E-state index in [4.69, 9.17) is 11.6 Å². The Balaban J connectivity index is 1.65. The summed E-state index contributed by atoms with van der Waals surface area (Å²) in [6, 6.07) is 12.2. The lowest BCUT2D eigenvalue weighted by Gasteiger charge is -2.09. The summed E-state index contributed by atoms with van der Waals surface area (Å²) in [5.74, 6) is 0.302. The molecule has 0 aliphatic heterocycles. The average molecular weight is 383 g/mol. The van der Waals surface area contributed by atoms with E-state index in [0.29, 0.717) is 34.2 Å². The van der Waals surface area contributed by atoms with Crippen LogP contribution in [0, 0.1) is 13.8 Å². The van der Waals surface area contributed by atoms with E-state index in [2.05, 4.69) is 20.6 Å². The van der Waals surface area contributed by atoms with Gasteiger partial charge >= 0.3 is 0 Å². The van der Waals surface area contributed by atoms with Crippen LogP contribution in [0.4, 0.5) is 11.5 Å². The monoisotopic (exact) mass is 382 g/mol. The molecule has 3 aromatic rings. The molecule has 1 aromatic carbocycles. The molecule has 0 unspecified atom stereocenters. The van der Waals surface area contributed by atoms with Crippen molar-refractivity contribution < 1.29 is 4.79 Å². The number of amides is 1. The average Bonchev–Trinajstić information content (AvgIpc) is 2.61. The highest BCUT2D eigenvalue weighted by Crippen LogP contribution is 2.16. The highest BCUT2D eigenvalue weighted by atomic mass is 35.5. The largest absolute Gasteiger partial charge is 0.366 e. The van der Waals surface area contributed by atoms with Crippen molar-refractivity contribution in [3.8, 4) is 0 Å². The van der Waals surface area contributed by atoms with Gasteiger partial charge in [-0.3, -0.25) is 9.59 Å². The number of carbonyl (C=O) groups is 1. The van der Waals surface area contributed by atoms with E-state index in [0.717, 1.165) is 11.3 Å². The zero-order valence-corrected chi connectivity index (χ0v) is 15.7. The van der Waals surface area contributed by atoms with Crippen LogP contribution in [-0.4, -0.2) is 15.9 Å². The van der Waals surface area contributed by atoms with Gasteiger partial charge in [-0.05, 0) is 55.8 Å². The number of carbonyl (C=O) groups excluding carboxylic acids is 1. The number of aromatic nitrogens is 2. The van der Waals surface area contributed by atoms with Crippen LogP contribution in [-0.2, 0) is 6.54 Å². The lowest BCUT2D eigenvalue weighted by molar-refractivity contribution is 0.102. The number of hydrogen-bond donors (Lipinski definition) is 3. The fourth-order valence-corrected chi connectivity index (χ4v) is 2.87. The van der Waals surface area contributed by atoms with Crippen molar-refractivity contribution in [2.24, 2.45) is 0 Å². The van der Waals surface area contributed by atoms with Crippen molar-refractivity contribution in [2.75, 3.05) is 10.6 Å². The molecule has 0 aliphatic carbocycles. The molecule has 3 rings (SSSR count). The van der Waals surface area contributed by atoms with Gasteiger partial charge in [0.05, 0.1) is 5.56 Å². The summed E-state index contributed by atoms with van der Waals surface area (Å²) in [6.45, 7) is 4.10. The zero-order valence-electron chi connectivity index (χ0n) is 15.0. The molecule has 0 spiro atoms. The van der Waals surface area contributed by atoms with Gasteiger partial charge in [0.2, 0.25) is 0 Å². The molecule has 0 bridgehead atoms. The van der Waals surface area contributed by atoms with Crippen LogP contribution in [0.25, 0.3) is 0 Å². The first-order valence-corrected chi connectivity index (χ1v) is 8.76. The SMILES string of the molecule is Cc1cc(C)c(CNc2ccc(C(=O)Nc3cccc(Cl)c3)cn2)c(=O)[nH]1. The van der Waals surface area contributed by atoms with Crippen molar-refractivity contribution in [3.05, 3.63) is 86.4 Å². The molecular formula is C20H19ClN4O2. The minimum absolute atomic E-state index is 0.113. The number of rotatable bonds is 5. The Labute approximate surface area is 161 Å². The van der Waals surface area contributed by atoms with E-state index in [-0.39, 0.29) is 11.5 Å². The van der Waals surface area contributed by atoms with Crippen LogP contribution in [0.1, 0.15) is 27.2 Å². The fraction of sp³-hybridized carbons (Fsp3) is 0.150. The van der Waals surface area contributed by atoms with Gasteiger partial charge in [-0.2, -0.15) is 0 Å². The number of nitrogens with one attached hydrogen (secondary N) is 3. The highest BCUT2D eigenvalue weighted by molar-refractivity contribution is 6.30. The molecule has 138 valence electrons. The number of aryl methyl sites for hydroxylation is 2. The first-order valence-electron chi connectivity index (χ1n) is 8.38. The molecule has 0 saturated heterocycles. The normalized spacial score (nSPS) is 10.5. The van der Waals surface area contributed by atoms with Crippen molar-refractivity contribution in [1.82, 2.24) is 9.97 Å². The van der Waals surface area contributed by atoms with Crippen LogP contribution in [0.5, 0.6) is 0 Å². The molecule has 0 fully saturated rings. The van der Waals surface area contributed by atoms with Gasteiger partial charge in [-0.1, -0.05) is 17.7 Å². The molecule has 7 heteroatoms. The van der Waals surface area contributed by atoms with E-state index < -0.39 is 0 Å². The Bertz CT molecular complexity index is 1030. The first kappa shape index (κ1) is 18.7. The first-order chi connectivity index (χ1) is 12.9. The van der Waals surface area contributed by atoms with Gasteiger partial charge in [0.25, 0.3) is 11.5 Å². The lowest BCUT2D eigenvalue weighted by Crippen LogP contribution is -2.19. The Morgan fingerprint density at radius 1 is 1.19 bits per heavy atom. The zero-order chi connectivity index (χ0) is 19.4. The predicted molar refractivity (Wildman–Crippen MR) is 108 cm³/mol. The second kappa shape index (κ2) is 8.05. The number of hydrogen-bond acceptors (Lipinski definition) is 4. The van der Waals surface area contributed by atoms with Gasteiger partial charge in [0.1, 0.15) is 5.82 Å². The van der Waals surface area contributed by atoms with Gasteiger partial charge in [-0.15, -0.1) is 0 Å². The summed E-state index contributed by atoms with van der Waals surface area (Å²) < 4.78 is 0. The third-order valence-corrected chi connectivity index (χ3v) is 4.28. The Morgan fingerprint density at radius 2 is 2.00 bits per heavy atom. The number of H-pyrrole nitrogens is 1. The van der Waals surface area contributed by atoms with E-state index >= 15 is 0 Å². The maximum Gasteiger partial charge on any atom is 0.257 e. The molecule has 0 atom stereocenters. The molecule has 27 heavy (non-hydrogen) atoms. The van der Waals surface area contributed by atoms with Crippen LogP contribution < -0.4 is 16.2 Å². The predicted octanol–water partition coefficient (Wildman–Crippen LogP) is 3.90. The van der Waals surface area contributed by atoms with Crippen molar-refractivity contribution in [1.29, 1.82) is 0 Å². The lowest BCUT2D eigenvalue weighted by atomic mass is 10.1. The summed E-state index contributed by atoms with van der Waals surface area (Å²) >= 11 is 5.91. The van der Waals surface area contributed by atoms with Gasteiger partial charge in [0, 0.05) is 34.7 Å². The number of pyridine rings is 2. The Hall–Kier alpha value is -3.12. The summed E-state index contributed by atoms with van der Waals surface area (Å²) in [5, 5.41) is 6.42. The third kappa shape index (κ3) is 4.74. The number of anilines is 2. The molecule has 2 aromatic heterocycles. The van der Waals surface area contributed by atoms with Crippen LogP contribution in [0.2, 0.25) is 5.02 Å². The number of nitrogens with zero attached hydrogens (tertiary/aromatic N) is 1. The topological polar surface area (TPSA) is 86.9 Å². The molecular weight excluding hydrogens is 364 g/mol. The quantitative estimate of drug-likeness (QED) is 0.624. The van der Waals surface area contributed by atoms with E-state index in [1.54, 1.807) is 36.4 Å². The molecule has 6 nitrogen and oxygen atoms in total. The smallest absolute Gasteiger partial charge is 0.257 e. The van der Waals surface area contributed by atoms with Crippen molar-refractivity contribution in [2.45, 2.75) is 20.4 Å². The minimum atomic E-state index is -0.276. The Morgan fingerprint density at radius 3 is 2.67 bits per heavy atom. The maximum atomic E-state index is 12.3. The maximum absolute atomic E-state index is 12.3. The minimum Gasteiger partial charge on any atom is -0.366 e. The molecule has 1 amide bonds. The standard InChI is InChI=1S/C20H19ClN4O2/c1-12-8-13(2)24-20(27)17(12)11-23-18-7-6-14(10-22-18)19(26)25-16-5-3-4-15(21)9-16/h3-10H,11H2,1-2H3,(H,22,23)(H,24,27)(H,25,26). The van der Waals surface area contributed by atoms with Gasteiger partial charge < -0.3 is 15.6 Å². The van der Waals surface area contributed by atoms with Gasteiger partial charge in [-0.25, -0.2) is 4.98 Å². The van der Waals surface area contributed by atoms with E-state index in [1.807, 2.05) is 19.9 Å². The second-order valence-electron chi connectivity index (χ2n) is 6.19. The highest BCUT2D eigenvalue weighted by Gasteiger charge is 2.08. The number of aromatic amines is 1.